The van der Waals surface area contributed by atoms with Crippen LogP contribution in [0.4, 0.5) is 0 Å². The van der Waals surface area contributed by atoms with Crippen molar-refractivity contribution in [1.29, 1.82) is 0 Å². The van der Waals surface area contributed by atoms with Crippen LogP contribution in [0.2, 0.25) is 5.02 Å². The van der Waals surface area contributed by atoms with Crippen LogP contribution >= 0.6 is 11.6 Å². The van der Waals surface area contributed by atoms with E-state index in [0.29, 0.717) is 17.1 Å². The Balaban J connectivity index is 1.47. The fraction of sp³-hybridized carbons (Fsp3) is 0.316. The van der Waals surface area contributed by atoms with Crippen LogP contribution in [0.5, 0.6) is 0 Å². The van der Waals surface area contributed by atoms with Gasteiger partial charge in [0.2, 0.25) is 0 Å². The lowest BCUT2D eigenvalue weighted by Gasteiger charge is -2.30. The average Bonchev–Trinajstić information content (AvgIpc) is 2.60. The molecular formula is C19H21ClN2O2. The van der Waals surface area contributed by atoms with Crippen molar-refractivity contribution in [2.45, 2.75) is 19.1 Å². The number of rotatable bonds is 5. The smallest absolute Gasteiger partial charge is 0.251 e. The van der Waals surface area contributed by atoms with Crippen LogP contribution in [0.15, 0.2) is 48.5 Å². The van der Waals surface area contributed by atoms with E-state index >= 15 is 0 Å². The number of β-amino-alcohol motifs (C(OH)–C–C–N with tert-alkyl or cyclic N) is 1. The van der Waals surface area contributed by atoms with E-state index in [2.05, 4.69) is 28.4 Å². The quantitative estimate of drug-likeness (QED) is 0.876. The Labute approximate surface area is 147 Å². The molecule has 0 aliphatic carbocycles. The fourth-order valence-corrected chi connectivity index (χ4v) is 3.11. The highest BCUT2D eigenvalue weighted by Crippen LogP contribution is 2.18. The van der Waals surface area contributed by atoms with Gasteiger partial charge in [0.25, 0.3) is 5.91 Å². The Bertz CT molecular complexity index is 703. The van der Waals surface area contributed by atoms with Crippen molar-refractivity contribution in [1.82, 2.24) is 10.2 Å². The van der Waals surface area contributed by atoms with E-state index in [0.717, 1.165) is 19.5 Å². The Hall–Kier alpha value is -1.88. The van der Waals surface area contributed by atoms with Crippen LogP contribution in [-0.2, 0) is 13.0 Å². The molecule has 3 rings (SSSR count). The third kappa shape index (κ3) is 4.35. The Kier molecular flexibility index (Phi) is 5.51. The molecule has 0 saturated heterocycles. The highest BCUT2D eigenvalue weighted by Gasteiger charge is 2.18. The number of carbonyl (C=O) groups is 1. The van der Waals surface area contributed by atoms with Crippen molar-refractivity contribution in [2.75, 3.05) is 19.6 Å². The van der Waals surface area contributed by atoms with E-state index < -0.39 is 6.10 Å². The molecule has 1 heterocycles. The number of aliphatic hydroxyl groups excluding tert-OH is 1. The van der Waals surface area contributed by atoms with Crippen LogP contribution in [-0.4, -0.2) is 41.7 Å². The summed E-state index contributed by atoms with van der Waals surface area (Å²) >= 11 is 5.81. The van der Waals surface area contributed by atoms with Gasteiger partial charge in [0.1, 0.15) is 0 Å². The molecule has 2 aromatic rings. The summed E-state index contributed by atoms with van der Waals surface area (Å²) in [4.78, 5) is 14.3. The monoisotopic (exact) mass is 344 g/mol. The molecule has 1 aliphatic heterocycles. The largest absolute Gasteiger partial charge is 0.390 e. The highest BCUT2D eigenvalue weighted by molar-refractivity contribution is 6.30. The number of halogens is 1. The van der Waals surface area contributed by atoms with Gasteiger partial charge in [0, 0.05) is 36.8 Å². The number of carbonyl (C=O) groups excluding carboxylic acids is 1. The van der Waals surface area contributed by atoms with E-state index in [9.17, 15) is 9.90 Å². The number of aliphatic hydroxyl groups is 1. The maximum atomic E-state index is 12.0. The van der Waals surface area contributed by atoms with Crippen molar-refractivity contribution in [3.8, 4) is 0 Å². The van der Waals surface area contributed by atoms with E-state index in [1.807, 2.05) is 6.07 Å². The van der Waals surface area contributed by atoms with Crippen LogP contribution < -0.4 is 5.32 Å². The molecule has 2 N–H and O–H groups in total. The van der Waals surface area contributed by atoms with E-state index in [-0.39, 0.29) is 12.5 Å². The molecule has 0 saturated carbocycles. The second-order valence-corrected chi connectivity index (χ2v) is 6.56. The Morgan fingerprint density at radius 1 is 1.17 bits per heavy atom. The van der Waals surface area contributed by atoms with Gasteiger partial charge in [-0.2, -0.15) is 0 Å². The molecule has 1 unspecified atom stereocenters. The number of nitrogens with one attached hydrogen (secondary N) is 1. The normalized spacial score (nSPS) is 15.6. The van der Waals surface area contributed by atoms with Gasteiger partial charge in [-0.15, -0.1) is 0 Å². The Morgan fingerprint density at radius 3 is 2.62 bits per heavy atom. The van der Waals surface area contributed by atoms with Gasteiger partial charge < -0.3 is 10.4 Å². The van der Waals surface area contributed by atoms with Crippen LogP contribution in [0.25, 0.3) is 0 Å². The zero-order valence-corrected chi connectivity index (χ0v) is 14.2. The zero-order valence-electron chi connectivity index (χ0n) is 13.4. The van der Waals surface area contributed by atoms with Crippen LogP contribution in [0.3, 0.4) is 0 Å². The standard InChI is InChI=1S/C19H21ClN2O2/c20-17-7-5-15(6-8-17)19(24)21-11-18(23)13-22-10-9-14-3-1-2-4-16(14)12-22/h1-8,18,23H,9-13H2,(H,21,24). The summed E-state index contributed by atoms with van der Waals surface area (Å²) in [5.41, 5.74) is 3.25. The number of amides is 1. The number of hydrogen-bond donors (Lipinski definition) is 2. The summed E-state index contributed by atoms with van der Waals surface area (Å²) < 4.78 is 0. The fourth-order valence-electron chi connectivity index (χ4n) is 2.99. The van der Waals surface area contributed by atoms with Crippen molar-refractivity contribution >= 4 is 17.5 Å². The summed E-state index contributed by atoms with van der Waals surface area (Å²) in [7, 11) is 0. The lowest BCUT2D eigenvalue weighted by atomic mass is 10.00. The molecule has 2 aromatic carbocycles. The predicted molar refractivity (Wildman–Crippen MR) is 95.2 cm³/mol. The van der Waals surface area contributed by atoms with Crippen LogP contribution in [0.1, 0.15) is 21.5 Å². The van der Waals surface area contributed by atoms with Crippen molar-refractivity contribution in [3.05, 3.63) is 70.2 Å². The number of nitrogens with zero attached hydrogens (tertiary/aromatic N) is 1. The van der Waals surface area contributed by atoms with Gasteiger partial charge in [-0.3, -0.25) is 9.69 Å². The van der Waals surface area contributed by atoms with Gasteiger partial charge in [-0.1, -0.05) is 35.9 Å². The summed E-state index contributed by atoms with van der Waals surface area (Å²) in [6.07, 6.45) is 0.409. The molecule has 0 bridgehead atoms. The maximum absolute atomic E-state index is 12.0. The lowest BCUT2D eigenvalue weighted by Crippen LogP contribution is -2.42. The average molecular weight is 345 g/mol. The van der Waals surface area contributed by atoms with Crippen LogP contribution in [0, 0.1) is 0 Å². The number of fused-ring (bicyclic) bond motifs is 1. The number of hydrogen-bond acceptors (Lipinski definition) is 3. The highest BCUT2D eigenvalue weighted by atomic mass is 35.5. The molecule has 0 radical (unpaired) electrons. The van der Waals surface area contributed by atoms with Gasteiger partial charge in [-0.25, -0.2) is 0 Å². The summed E-state index contributed by atoms with van der Waals surface area (Å²) in [6, 6.07) is 15.1. The molecule has 4 nitrogen and oxygen atoms in total. The topological polar surface area (TPSA) is 52.6 Å². The molecule has 1 amide bonds. The van der Waals surface area contributed by atoms with Crippen molar-refractivity contribution < 1.29 is 9.90 Å². The van der Waals surface area contributed by atoms with Gasteiger partial charge in [0.05, 0.1) is 6.10 Å². The summed E-state index contributed by atoms with van der Waals surface area (Å²) in [5.74, 6) is -0.199. The Morgan fingerprint density at radius 2 is 1.88 bits per heavy atom. The van der Waals surface area contributed by atoms with Gasteiger partial charge in [-0.05, 0) is 41.8 Å². The SMILES string of the molecule is O=C(NCC(O)CN1CCc2ccccc2C1)c1ccc(Cl)cc1. The second kappa shape index (κ2) is 7.79. The predicted octanol–water partition coefficient (Wildman–Crippen LogP) is 2.49. The molecule has 1 atom stereocenters. The molecule has 5 heteroatoms. The molecule has 0 fully saturated rings. The first-order valence-corrected chi connectivity index (χ1v) is 8.50. The maximum Gasteiger partial charge on any atom is 0.251 e. The van der Waals surface area contributed by atoms with E-state index in [4.69, 9.17) is 11.6 Å². The second-order valence-electron chi connectivity index (χ2n) is 6.12. The first-order chi connectivity index (χ1) is 11.6. The molecular weight excluding hydrogens is 324 g/mol. The molecule has 1 aliphatic rings. The summed E-state index contributed by atoms with van der Waals surface area (Å²) in [5, 5.41) is 13.6. The van der Waals surface area contributed by atoms with E-state index in [1.165, 1.54) is 11.1 Å². The first kappa shape index (κ1) is 17.0. The van der Waals surface area contributed by atoms with Crippen molar-refractivity contribution in [3.63, 3.8) is 0 Å². The van der Waals surface area contributed by atoms with Crippen molar-refractivity contribution in [2.24, 2.45) is 0 Å². The minimum absolute atomic E-state index is 0.199. The minimum atomic E-state index is -0.591. The molecule has 0 aromatic heterocycles. The summed E-state index contributed by atoms with van der Waals surface area (Å²) in [6.45, 7) is 2.56. The van der Waals surface area contributed by atoms with E-state index in [1.54, 1.807) is 24.3 Å². The molecule has 24 heavy (non-hydrogen) atoms. The molecule has 0 spiro atoms. The lowest BCUT2D eigenvalue weighted by molar-refractivity contribution is 0.0842. The third-order valence-electron chi connectivity index (χ3n) is 4.28. The zero-order chi connectivity index (χ0) is 16.9. The first-order valence-electron chi connectivity index (χ1n) is 8.13. The third-order valence-corrected chi connectivity index (χ3v) is 4.54. The minimum Gasteiger partial charge on any atom is -0.390 e. The van der Waals surface area contributed by atoms with Gasteiger partial charge >= 0.3 is 0 Å². The molecule has 126 valence electrons. The van der Waals surface area contributed by atoms with Gasteiger partial charge in [0.15, 0.2) is 0 Å². The number of benzene rings is 2.